The van der Waals surface area contributed by atoms with Crippen LogP contribution in [0.3, 0.4) is 0 Å². The van der Waals surface area contributed by atoms with Crippen LogP contribution in [0.15, 0.2) is 40.9 Å². The zero-order valence-electron chi connectivity index (χ0n) is 12.3. The summed E-state index contributed by atoms with van der Waals surface area (Å²) in [6.07, 6.45) is 1.79. The molecule has 0 aromatic heterocycles. The number of carbonyl (C=O) groups excluding carboxylic acids is 1. The fraction of sp³-hybridized carbons (Fsp3) is 0.235. The van der Waals surface area contributed by atoms with Crippen molar-refractivity contribution in [1.82, 2.24) is 5.32 Å². The first-order valence-corrected chi connectivity index (χ1v) is 8.48. The van der Waals surface area contributed by atoms with Crippen molar-refractivity contribution in [2.24, 2.45) is 0 Å². The molecular formula is C17H17BrN2OS. The lowest BCUT2D eigenvalue weighted by atomic mass is 10.1. The Morgan fingerprint density at radius 1 is 1.23 bits per heavy atom. The maximum Gasteiger partial charge on any atom is 0.331 e. The van der Waals surface area contributed by atoms with Crippen molar-refractivity contribution in [1.29, 1.82) is 0 Å². The van der Waals surface area contributed by atoms with Gasteiger partial charge in [-0.15, -0.1) is 0 Å². The number of nitrogens with zero attached hydrogens (tertiary/aromatic N) is 1. The summed E-state index contributed by atoms with van der Waals surface area (Å²) in [7, 11) is 0. The fourth-order valence-corrected chi connectivity index (χ4v) is 3.33. The zero-order valence-corrected chi connectivity index (χ0v) is 14.7. The highest BCUT2D eigenvalue weighted by atomic mass is 79.9. The Balaban J connectivity index is 1.86. The quantitative estimate of drug-likeness (QED) is 0.632. The highest BCUT2D eigenvalue weighted by molar-refractivity contribution is 9.10. The minimum absolute atomic E-state index is 0.191. The van der Waals surface area contributed by atoms with Gasteiger partial charge in [0, 0.05) is 11.0 Å². The monoisotopic (exact) mass is 376 g/mol. The van der Waals surface area contributed by atoms with E-state index in [9.17, 15) is 4.79 Å². The van der Waals surface area contributed by atoms with E-state index in [-0.39, 0.29) is 6.03 Å². The Morgan fingerprint density at radius 3 is 2.64 bits per heavy atom. The summed E-state index contributed by atoms with van der Waals surface area (Å²) in [5, 5.41) is 2.83. The third-order valence-corrected chi connectivity index (χ3v) is 4.70. The average Bonchev–Trinajstić information content (AvgIpc) is 2.88. The van der Waals surface area contributed by atoms with Crippen molar-refractivity contribution in [3.63, 3.8) is 0 Å². The topological polar surface area (TPSA) is 32.3 Å². The van der Waals surface area contributed by atoms with Gasteiger partial charge in [0.1, 0.15) is 0 Å². The molecule has 1 aliphatic carbocycles. The van der Waals surface area contributed by atoms with Gasteiger partial charge in [-0.2, -0.15) is 0 Å². The van der Waals surface area contributed by atoms with E-state index in [0.717, 1.165) is 23.0 Å². The average molecular weight is 377 g/mol. The molecule has 3 rings (SSSR count). The number of hydrogen-bond acceptors (Lipinski definition) is 2. The van der Waals surface area contributed by atoms with E-state index in [2.05, 4.69) is 58.3 Å². The van der Waals surface area contributed by atoms with Crippen LogP contribution in [-0.2, 0) is 6.42 Å². The molecule has 0 aliphatic heterocycles. The van der Waals surface area contributed by atoms with E-state index in [1.54, 1.807) is 0 Å². The minimum atomic E-state index is -0.191. The molecule has 1 N–H and O–H groups in total. The summed E-state index contributed by atoms with van der Waals surface area (Å²) in [4.78, 5) is 12.0. The Bertz CT molecular complexity index is 733. The van der Waals surface area contributed by atoms with Crippen LogP contribution in [0, 0.1) is 0 Å². The van der Waals surface area contributed by atoms with Crippen molar-refractivity contribution in [3.8, 4) is 11.1 Å². The van der Waals surface area contributed by atoms with Crippen LogP contribution in [-0.4, -0.2) is 12.6 Å². The maximum absolute atomic E-state index is 12.0. The molecule has 0 atom stereocenters. The summed E-state index contributed by atoms with van der Waals surface area (Å²) in [5.41, 5.74) is 5.84. The number of fused-ring (bicyclic) bond motifs is 3. The molecule has 0 fully saturated rings. The van der Waals surface area contributed by atoms with Crippen molar-refractivity contribution in [2.75, 3.05) is 10.8 Å². The number of carbonyl (C=O) groups is 1. The van der Waals surface area contributed by atoms with Gasteiger partial charge in [0.05, 0.1) is 5.69 Å². The van der Waals surface area contributed by atoms with Crippen LogP contribution in [0.5, 0.6) is 0 Å². The third kappa shape index (κ3) is 2.88. The van der Waals surface area contributed by atoms with Crippen molar-refractivity contribution in [2.45, 2.75) is 19.8 Å². The number of hydrogen-bond donors (Lipinski definition) is 2. The fourth-order valence-electron chi connectivity index (χ4n) is 2.72. The van der Waals surface area contributed by atoms with Crippen LogP contribution in [0.1, 0.15) is 24.5 Å². The second-order valence-electron chi connectivity index (χ2n) is 5.36. The SMILES string of the molecule is CCCNC(=O)N(S)c1ccc2c(c1)Cc1cc(Br)ccc1-2. The van der Waals surface area contributed by atoms with Gasteiger partial charge in [0.25, 0.3) is 0 Å². The van der Waals surface area contributed by atoms with E-state index in [1.807, 2.05) is 19.1 Å². The molecule has 0 bridgehead atoms. The molecule has 2 aromatic carbocycles. The van der Waals surface area contributed by atoms with Gasteiger partial charge >= 0.3 is 6.03 Å². The molecule has 22 heavy (non-hydrogen) atoms. The summed E-state index contributed by atoms with van der Waals surface area (Å²) in [5.74, 6) is 0. The summed E-state index contributed by atoms with van der Waals surface area (Å²) < 4.78 is 2.46. The van der Waals surface area contributed by atoms with E-state index < -0.39 is 0 Å². The van der Waals surface area contributed by atoms with Gasteiger partial charge in [-0.25, -0.2) is 9.10 Å². The van der Waals surface area contributed by atoms with Crippen LogP contribution < -0.4 is 9.62 Å². The summed E-state index contributed by atoms with van der Waals surface area (Å²) in [6.45, 7) is 2.67. The van der Waals surface area contributed by atoms with Crippen LogP contribution >= 0.6 is 28.7 Å². The molecule has 0 saturated heterocycles. The summed E-state index contributed by atoms with van der Waals surface area (Å²) >= 11 is 7.84. The second kappa shape index (κ2) is 6.34. The molecule has 5 heteroatoms. The van der Waals surface area contributed by atoms with Gasteiger partial charge in [-0.1, -0.05) is 47.8 Å². The van der Waals surface area contributed by atoms with E-state index in [4.69, 9.17) is 0 Å². The lowest BCUT2D eigenvalue weighted by Gasteiger charge is -2.17. The van der Waals surface area contributed by atoms with Gasteiger partial charge in [-0.05, 0) is 59.4 Å². The molecule has 0 heterocycles. The molecule has 2 aromatic rings. The normalized spacial score (nSPS) is 11.8. The van der Waals surface area contributed by atoms with E-state index >= 15 is 0 Å². The van der Waals surface area contributed by atoms with Crippen LogP contribution in [0.4, 0.5) is 10.5 Å². The Morgan fingerprint density at radius 2 is 1.91 bits per heavy atom. The first-order chi connectivity index (χ1) is 10.6. The highest BCUT2D eigenvalue weighted by Gasteiger charge is 2.20. The van der Waals surface area contributed by atoms with Gasteiger partial charge in [0.2, 0.25) is 0 Å². The van der Waals surface area contributed by atoms with Crippen LogP contribution in [0.2, 0.25) is 0 Å². The predicted octanol–water partition coefficient (Wildman–Crippen LogP) is 4.79. The number of benzene rings is 2. The van der Waals surface area contributed by atoms with Gasteiger partial charge in [-0.3, -0.25) is 0 Å². The first-order valence-electron chi connectivity index (χ1n) is 7.28. The molecule has 0 unspecified atom stereocenters. The van der Waals surface area contributed by atoms with E-state index in [0.29, 0.717) is 6.54 Å². The minimum Gasteiger partial charge on any atom is -0.337 e. The molecule has 2 amide bonds. The van der Waals surface area contributed by atoms with Crippen molar-refractivity contribution >= 4 is 40.5 Å². The highest BCUT2D eigenvalue weighted by Crippen LogP contribution is 2.39. The standard InChI is InChI=1S/C17H17BrN2OS/c1-2-7-19-17(21)20(22)14-4-6-16-12(10-14)8-11-9-13(18)3-5-15(11)16/h3-6,9-10,22H,2,7-8H2,1H3,(H,19,21). The number of nitrogens with one attached hydrogen (secondary N) is 1. The lowest BCUT2D eigenvalue weighted by Crippen LogP contribution is -2.34. The first kappa shape index (κ1) is 15.4. The zero-order chi connectivity index (χ0) is 15.7. The molecule has 3 nitrogen and oxygen atoms in total. The smallest absolute Gasteiger partial charge is 0.331 e. The lowest BCUT2D eigenvalue weighted by molar-refractivity contribution is 0.250. The number of rotatable bonds is 3. The number of thiol groups is 1. The van der Waals surface area contributed by atoms with Gasteiger partial charge < -0.3 is 5.32 Å². The summed E-state index contributed by atoms with van der Waals surface area (Å²) in [6, 6.07) is 12.2. The van der Waals surface area contributed by atoms with E-state index in [1.165, 1.54) is 26.6 Å². The maximum atomic E-state index is 12.0. The molecule has 1 aliphatic rings. The third-order valence-electron chi connectivity index (χ3n) is 3.79. The molecule has 0 radical (unpaired) electrons. The molecule has 0 saturated carbocycles. The second-order valence-corrected chi connectivity index (χ2v) is 6.68. The number of amides is 2. The Labute approximate surface area is 144 Å². The van der Waals surface area contributed by atoms with Crippen molar-refractivity contribution < 1.29 is 4.79 Å². The number of halogens is 1. The predicted molar refractivity (Wildman–Crippen MR) is 97.5 cm³/mol. The number of anilines is 1. The Hall–Kier alpha value is -1.46. The number of urea groups is 1. The Kier molecular flexibility index (Phi) is 4.45. The van der Waals surface area contributed by atoms with Crippen molar-refractivity contribution in [3.05, 3.63) is 52.0 Å². The largest absolute Gasteiger partial charge is 0.337 e. The molecule has 0 spiro atoms. The van der Waals surface area contributed by atoms with Gasteiger partial charge in [0.15, 0.2) is 0 Å². The van der Waals surface area contributed by atoms with Crippen LogP contribution in [0.25, 0.3) is 11.1 Å². The molecular weight excluding hydrogens is 360 g/mol. The molecule has 114 valence electrons.